The molecule has 0 amide bonds. The maximum absolute atomic E-state index is 12.1. The molecule has 0 aliphatic heterocycles. The minimum atomic E-state index is -0.229. The second-order valence-electron chi connectivity index (χ2n) is 5.83. The summed E-state index contributed by atoms with van der Waals surface area (Å²) in [6.45, 7) is 3.20. The van der Waals surface area contributed by atoms with Crippen molar-refractivity contribution in [1.82, 2.24) is 4.57 Å². The molecule has 1 aromatic carbocycles. The van der Waals surface area contributed by atoms with Crippen LogP contribution in [0.4, 0.5) is 0 Å². The highest BCUT2D eigenvalue weighted by Crippen LogP contribution is 2.34. The Labute approximate surface area is 125 Å². The number of rotatable bonds is 4. The summed E-state index contributed by atoms with van der Waals surface area (Å²) in [6.07, 6.45) is 7.08. The molecule has 0 bridgehead atoms. The van der Waals surface area contributed by atoms with E-state index in [1.54, 1.807) is 0 Å². The van der Waals surface area contributed by atoms with Crippen LogP contribution in [-0.4, -0.2) is 17.6 Å². The average Bonchev–Trinajstić information content (AvgIpc) is 2.86. The second-order valence-corrected chi connectivity index (χ2v) is 5.83. The summed E-state index contributed by atoms with van der Waals surface area (Å²) in [7, 11) is 1.46. The maximum Gasteiger partial charge on any atom is 0.340 e. The first kappa shape index (κ1) is 14.2. The fourth-order valence-electron chi connectivity index (χ4n) is 3.53. The summed E-state index contributed by atoms with van der Waals surface area (Å²) in [5.74, 6) is -0.229. The van der Waals surface area contributed by atoms with Crippen molar-refractivity contribution >= 4 is 16.9 Å². The van der Waals surface area contributed by atoms with Crippen molar-refractivity contribution in [3.8, 4) is 0 Å². The number of hydrogen-bond donors (Lipinski definition) is 0. The highest BCUT2D eigenvalue weighted by molar-refractivity contribution is 6.04. The molecule has 0 fully saturated rings. The van der Waals surface area contributed by atoms with Gasteiger partial charge >= 0.3 is 5.97 Å². The number of para-hydroxylation sites is 1. The van der Waals surface area contributed by atoms with Crippen molar-refractivity contribution in [1.29, 1.82) is 0 Å². The molecule has 1 aliphatic carbocycles. The van der Waals surface area contributed by atoms with E-state index in [1.165, 1.54) is 36.6 Å². The zero-order valence-corrected chi connectivity index (χ0v) is 12.9. The molecule has 0 unspecified atom stereocenters. The predicted octanol–water partition coefficient (Wildman–Crippen LogP) is 4.11. The third-order valence-electron chi connectivity index (χ3n) is 4.54. The lowest BCUT2D eigenvalue weighted by atomic mass is 9.95. The number of hydrogen-bond acceptors (Lipinski definition) is 2. The minimum absolute atomic E-state index is 0.229. The van der Waals surface area contributed by atoms with E-state index in [0.29, 0.717) is 5.56 Å². The van der Waals surface area contributed by atoms with E-state index in [1.807, 2.05) is 12.1 Å². The normalized spacial score (nSPS) is 14.2. The molecule has 0 atom stereocenters. The SMILES string of the molecule is CCCCn1c2c(c3cccc(C(=O)OC)c31)CCCC2. The van der Waals surface area contributed by atoms with E-state index in [4.69, 9.17) is 4.74 Å². The Morgan fingerprint density at radius 2 is 2.10 bits per heavy atom. The predicted molar refractivity (Wildman–Crippen MR) is 84.8 cm³/mol. The van der Waals surface area contributed by atoms with Gasteiger partial charge in [-0.15, -0.1) is 0 Å². The molecule has 0 radical (unpaired) electrons. The van der Waals surface area contributed by atoms with E-state index in [-0.39, 0.29) is 5.97 Å². The number of methoxy groups -OCH3 is 1. The lowest BCUT2D eigenvalue weighted by Crippen LogP contribution is -2.10. The summed E-state index contributed by atoms with van der Waals surface area (Å²) in [5, 5.41) is 1.25. The van der Waals surface area contributed by atoms with Crippen molar-refractivity contribution < 1.29 is 9.53 Å². The number of aromatic nitrogens is 1. The maximum atomic E-state index is 12.1. The van der Waals surface area contributed by atoms with Crippen molar-refractivity contribution in [3.05, 3.63) is 35.0 Å². The average molecular weight is 285 g/mol. The van der Waals surface area contributed by atoms with Crippen LogP contribution in [-0.2, 0) is 24.1 Å². The van der Waals surface area contributed by atoms with Crippen LogP contribution in [0.1, 0.15) is 54.2 Å². The number of unbranched alkanes of at least 4 members (excludes halogenated alkanes) is 1. The molecule has 2 aromatic rings. The first-order valence-corrected chi connectivity index (χ1v) is 7.99. The molecular weight excluding hydrogens is 262 g/mol. The number of carbonyl (C=O) groups is 1. The molecule has 0 spiro atoms. The highest BCUT2D eigenvalue weighted by atomic mass is 16.5. The molecule has 3 nitrogen and oxygen atoms in total. The van der Waals surface area contributed by atoms with Gasteiger partial charge < -0.3 is 9.30 Å². The van der Waals surface area contributed by atoms with Gasteiger partial charge in [-0.05, 0) is 43.7 Å². The number of carbonyl (C=O) groups excluding carboxylic acids is 1. The van der Waals surface area contributed by atoms with Crippen molar-refractivity contribution in [3.63, 3.8) is 0 Å². The van der Waals surface area contributed by atoms with E-state index < -0.39 is 0 Å². The molecule has 0 saturated heterocycles. The molecule has 1 aromatic heterocycles. The number of ether oxygens (including phenoxy) is 1. The Morgan fingerprint density at radius 1 is 1.29 bits per heavy atom. The number of nitrogens with zero attached hydrogens (tertiary/aromatic N) is 1. The van der Waals surface area contributed by atoms with Crippen molar-refractivity contribution in [2.75, 3.05) is 7.11 Å². The second kappa shape index (κ2) is 5.92. The van der Waals surface area contributed by atoms with Crippen LogP contribution < -0.4 is 0 Å². The van der Waals surface area contributed by atoms with Crippen molar-refractivity contribution in [2.45, 2.75) is 52.0 Å². The zero-order valence-electron chi connectivity index (χ0n) is 12.9. The quantitative estimate of drug-likeness (QED) is 0.792. The lowest BCUT2D eigenvalue weighted by molar-refractivity contribution is 0.0602. The summed E-state index contributed by atoms with van der Waals surface area (Å²) in [6, 6.07) is 6.03. The smallest absolute Gasteiger partial charge is 0.340 e. The molecule has 0 N–H and O–H groups in total. The molecule has 0 saturated carbocycles. The number of esters is 1. The lowest BCUT2D eigenvalue weighted by Gasteiger charge is -2.16. The van der Waals surface area contributed by atoms with Crippen LogP contribution in [0.3, 0.4) is 0 Å². The fourth-order valence-corrected chi connectivity index (χ4v) is 3.53. The Balaban J connectivity index is 2.26. The molecule has 1 aliphatic rings. The van der Waals surface area contributed by atoms with Gasteiger partial charge in [0.2, 0.25) is 0 Å². The van der Waals surface area contributed by atoms with Gasteiger partial charge in [-0.25, -0.2) is 4.79 Å². The van der Waals surface area contributed by atoms with E-state index in [2.05, 4.69) is 17.6 Å². The zero-order chi connectivity index (χ0) is 14.8. The van der Waals surface area contributed by atoms with Gasteiger partial charge in [0.15, 0.2) is 0 Å². The van der Waals surface area contributed by atoms with Crippen molar-refractivity contribution in [2.24, 2.45) is 0 Å². The minimum Gasteiger partial charge on any atom is -0.465 e. The van der Waals surface area contributed by atoms with Gasteiger partial charge in [0.05, 0.1) is 18.2 Å². The monoisotopic (exact) mass is 285 g/mol. The molecule has 112 valence electrons. The molecule has 1 heterocycles. The van der Waals surface area contributed by atoms with Crippen LogP contribution >= 0.6 is 0 Å². The van der Waals surface area contributed by atoms with Crippen LogP contribution in [0.15, 0.2) is 18.2 Å². The van der Waals surface area contributed by atoms with E-state index >= 15 is 0 Å². The van der Waals surface area contributed by atoms with Crippen LogP contribution in [0, 0.1) is 0 Å². The first-order valence-electron chi connectivity index (χ1n) is 7.99. The molecule has 3 heteroatoms. The Bertz CT molecular complexity index is 669. The summed E-state index contributed by atoms with van der Waals surface area (Å²) >= 11 is 0. The highest BCUT2D eigenvalue weighted by Gasteiger charge is 2.23. The van der Waals surface area contributed by atoms with Crippen LogP contribution in [0.5, 0.6) is 0 Å². The van der Waals surface area contributed by atoms with Crippen LogP contribution in [0.25, 0.3) is 10.9 Å². The molecular formula is C18H23NO2. The number of benzene rings is 1. The standard InChI is InChI=1S/C18H23NO2/c1-3-4-12-19-16-11-6-5-8-13(16)14-9-7-10-15(17(14)19)18(20)21-2/h7,9-10H,3-6,8,11-12H2,1-2H3. The number of fused-ring (bicyclic) bond motifs is 3. The molecule has 21 heavy (non-hydrogen) atoms. The summed E-state index contributed by atoms with van der Waals surface area (Å²) in [5.41, 5.74) is 4.70. The summed E-state index contributed by atoms with van der Waals surface area (Å²) < 4.78 is 7.37. The van der Waals surface area contributed by atoms with E-state index in [0.717, 1.165) is 37.7 Å². The molecule has 3 rings (SSSR count). The summed E-state index contributed by atoms with van der Waals surface area (Å²) in [4.78, 5) is 12.1. The Hall–Kier alpha value is -1.77. The van der Waals surface area contributed by atoms with Gasteiger partial charge in [-0.1, -0.05) is 25.5 Å². The third kappa shape index (κ3) is 2.35. The number of aryl methyl sites for hydroxylation is 2. The fraction of sp³-hybridized carbons (Fsp3) is 0.500. The first-order chi connectivity index (χ1) is 10.3. The van der Waals surface area contributed by atoms with Gasteiger partial charge in [0.25, 0.3) is 0 Å². The van der Waals surface area contributed by atoms with Gasteiger partial charge in [0.1, 0.15) is 0 Å². The Morgan fingerprint density at radius 3 is 2.86 bits per heavy atom. The van der Waals surface area contributed by atoms with Crippen LogP contribution in [0.2, 0.25) is 0 Å². The van der Waals surface area contributed by atoms with Gasteiger partial charge in [-0.2, -0.15) is 0 Å². The topological polar surface area (TPSA) is 31.2 Å². The van der Waals surface area contributed by atoms with E-state index in [9.17, 15) is 4.79 Å². The Kier molecular flexibility index (Phi) is 4.00. The largest absolute Gasteiger partial charge is 0.465 e. The van der Waals surface area contributed by atoms with Gasteiger partial charge in [0, 0.05) is 17.6 Å². The van der Waals surface area contributed by atoms with Gasteiger partial charge in [-0.3, -0.25) is 0 Å². The third-order valence-corrected chi connectivity index (χ3v) is 4.54.